The van der Waals surface area contributed by atoms with Crippen molar-refractivity contribution in [3.63, 3.8) is 0 Å². The van der Waals surface area contributed by atoms with Crippen LogP contribution >= 0.6 is 0 Å². The van der Waals surface area contributed by atoms with E-state index in [4.69, 9.17) is 5.26 Å². The van der Waals surface area contributed by atoms with Gasteiger partial charge in [-0.1, -0.05) is 0 Å². The molecule has 0 heterocycles. The Kier molecular flexibility index (Phi) is 5.01. The van der Waals surface area contributed by atoms with Gasteiger partial charge in [-0.05, 0) is 58.8 Å². The Bertz CT molecular complexity index is 320. The lowest BCUT2D eigenvalue weighted by atomic mass is 9.82. The SMILES string of the molecule is CC(C)(C)N(C(=O)O)[C@H]1CC[C@H](CCC#N)CC1. The molecular formula is C14H24N2O2. The second kappa shape index (κ2) is 6.08. The number of hydrogen-bond acceptors (Lipinski definition) is 2. The molecule has 0 bridgehead atoms. The molecule has 0 atom stereocenters. The van der Waals surface area contributed by atoms with Crippen LogP contribution in [0.5, 0.6) is 0 Å². The fourth-order valence-corrected chi connectivity index (χ4v) is 2.95. The van der Waals surface area contributed by atoms with Gasteiger partial charge in [0.1, 0.15) is 0 Å². The first-order chi connectivity index (χ1) is 8.36. The maximum Gasteiger partial charge on any atom is 0.407 e. The number of nitriles is 1. The van der Waals surface area contributed by atoms with Crippen molar-refractivity contribution >= 4 is 6.09 Å². The number of amides is 1. The van der Waals surface area contributed by atoms with Crippen LogP contribution in [-0.2, 0) is 0 Å². The second-order valence-electron chi connectivity index (χ2n) is 6.19. The molecule has 1 rings (SSSR count). The van der Waals surface area contributed by atoms with E-state index in [1.807, 2.05) is 20.8 Å². The van der Waals surface area contributed by atoms with Crippen LogP contribution in [0.1, 0.15) is 59.3 Å². The molecule has 1 saturated carbocycles. The minimum atomic E-state index is -0.817. The summed E-state index contributed by atoms with van der Waals surface area (Å²) in [5.41, 5.74) is -0.337. The molecule has 0 aliphatic heterocycles. The Balaban J connectivity index is 2.55. The third kappa shape index (κ3) is 3.90. The Labute approximate surface area is 110 Å². The van der Waals surface area contributed by atoms with Gasteiger partial charge in [-0.25, -0.2) is 4.79 Å². The monoisotopic (exact) mass is 252 g/mol. The van der Waals surface area contributed by atoms with Gasteiger partial charge in [0.15, 0.2) is 0 Å². The molecule has 0 spiro atoms. The summed E-state index contributed by atoms with van der Waals surface area (Å²) in [4.78, 5) is 13.0. The predicted molar refractivity (Wildman–Crippen MR) is 70.2 cm³/mol. The first kappa shape index (κ1) is 14.8. The molecule has 1 fully saturated rings. The molecule has 1 aliphatic carbocycles. The average Bonchev–Trinajstić information content (AvgIpc) is 2.25. The summed E-state index contributed by atoms with van der Waals surface area (Å²) < 4.78 is 0. The van der Waals surface area contributed by atoms with Crippen molar-refractivity contribution in [1.82, 2.24) is 4.90 Å². The minimum Gasteiger partial charge on any atom is -0.465 e. The number of hydrogen-bond donors (Lipinski definition) is 1. The van der Waals surface area contributed by atoms with E-state index in [1.165, 1.54) is 0 Å². The molecule has 0 radical (unpaired) electrons. The van der Waals surface area contributed by atoms with Crippen LogP contribution in [0.2, 0.25) is 0 Å². The zero-order valence-corrected chi connectivity index (χ0v) is 11.6. The Hall–Kier alpha value is -1.24. The van der Waals surface area contributed by atoms with Gasteiger partial charge in [0.25, 0.3) is 0 Å². The van der Waals surface area contributed by atoms with E-state index < -0.39 is 6.09 Å². The molecule has 1 aliphatic rings. The summed E-state index contributed by atoms with van der Waals surface area (Å²) in [6.45, 7) is 5.84. The maximum atomic E-state index is 11.4. The third-order valence-corrected chi connectivity index (χ3v) is 3.77. The molecule has 1 amide bonds. The quantitative estimate of drug-likeness (QED) is 0.834. The van der Waals surface area contributed by atoms with Crippen molar-refractivity contribution in [2.45, 2.75) is 70.9 Å². The minimum absolute atomic E-state index is 0.140. The van der Waals surface area contributed by atoms with E-state index in [0.717, 1.165) is 32.1 Å². The van der Waals surface area contributed by atoms with Crippen molar-refractivity contribution < 1.29 is 9.90 Å². The van der Waals surface area contributed by atoms with Gasteiger partial charge < -0.3 is 10.0 Å². The highest BCUT2D eigenvalue weighted by atomic mass is 16.4. The van der Waals surface area contributed by atoms with Crippen molar-refractivity contribution in [1.29, 1.82) is 5.26 Å². The summed E-state index contributed by atoms with van der Waals surface area (Å²) >= 11 is 0. The number of rotatable bonds is 3. The molecule has 0 aromatic rings. The topological polar surface area (TPSA) is 64.3 Å². The van der Waals surface area contributed by atoms with E-state index in [0.29, 0.717) is 12.3 Å². The fraction of sp³-hybridized carbons (Fsp3) is 0.857. The molecule has 0 saturated heterocycles. The summed E-state index contributed by atoms with van der Waals surface area (Å²) in [7, 11) is 0. The lowest BCUT2D eigenvalue weighted by Gasteiger charge is -2.42. The molecule has 18 heavy (non-hydrogen) atoms. The predicted octanol–water partition coefficient (Wildman–Crippen LogP) is 3.63. The molecule has 4 heteroatoms. The van der Waals surface area contributed by atoms with Crippen LogP contribution < -0.4 is 0 Å². The van der Waals surface area contributed by atoms with Gasteiger partial charge in [0.05, 0.1) is 6.07 Å². The van der Waals surface area contributed by atoms with Gasteiger partial charge >= 0.3 is 6.09 Å². The average molecular weight is 252 g/mol. The maximum absolute atomic E-state index is 11.4. The van der Waals surface area contributed by atoms with Gasteiger partial charge in [0.2, 0.25) is 0 Å². The van der Waals surface area contributed by atoms with Crippen LogP contribution in [0.15, 0.2) is 0 Å². The molecule has 1 N–H and O–H groups in total. The lowest BCUT2D eigenvalue weighted by molar-refractivity contribution is 0.0499. The molecule has 0 aromatic heterocycles. The smallest absolute Gasteiger partial charge is 0.407 e. The third-order valence-electron chi connectivity index (χ3n) is 3.77. The van der Waals surface area contributed by atoms with Gasteiger partial charge in [-0.2, -0.15) is 5.26 Å². The highest BCUT2D eigenvalue weighted by molar-refractivity contribution is 5.66. The summed E-state index contributed by atoms with van der Waals surface area (Å²) in [5.74, 6) is 0.608. The van der Waals surface area contributed by atoms with Crippen molar-refractivity contribution in [2.24, 2.45) is 5.92 Å². The zero-order chi connectivity index (χ0) is 13.8. The number of carboxylic acid groups (broad SMARTS) is 1. The van der Waals surface area contributed by atoms with Crippen molar-refractivity contribution in [3.05, 3.63) is 0 Å². The molecule has 0 unspecified atom stereocenters. The molecule has 4 nitrogen and oxygen atoms in total. The van der Waals surface area contributed by atoms with Gasteiger partial charge in [-0.3, -0.25) is 0 Å². The first-order valence-corrected chi connectivity index (χ1v) is 6.75. The van der Waals surface area contributed by atoms with Crippen LogP contribution in [0.4, 0.5) is 4.79 Å². The van der Waals surface area contributed by atoms with Crippen LogP contribution in [0.3, 0.4) is 0 Å². The van der Waals surface area contributed by atoms with E-state index in [2.05, 4.69) is 6.07 Å². The van der Waals surface area contributed by atoms with E-state index in [9.17, 15) is 9.90 Å². The number of nitrogens with zero attached hydrogens (tertiary/aromatic N) is 2. The first-order valence-electron chi connectivity index (χ1n) is 6.75. The fourth-order valence-electron chi connectivity index (χ4n) is 2.95. The van der Waals surface area contributed by atoms with Crippen molar-refractivity contribution in [3.8, 4) is 6.07 Å². The zero-order valence-electron chi connectivity index (χ0n) is 11.6. The van der Waals surface area contributed by atoms with Crippen LogP contribution in [0, 0.1) is 17.2 Å². The van der Waals surface area contributed by atoms with E-state index in [1.54, 1.807) is 4.90 Å². The summed E-state index contributed by atoms with van der Waals surface area (Å²) in [6.07, 6.45) is 4.73. The van der Waals surface area contributed by atoms with Gasteiger partial charge in [0, 0.05) is 18.0 Å². The van der Waals surface area contributed by atoms with Crippen molar-refractivity contribution in [2.75, 3.05) is 0 Å². The Morgan fingerprint density at radius 3 is 2.28 bits per heavy atom. The molecular weight excluding hydrogens is 228 g/mol. The molecule has 102 valence electrons. The Morgan fingerprint density at radius 2 is 1.89 bits per heavy atom. The Morgan fingerprint density at radius 1 is 1.33 bits per heavy atom. The summed E-state index contributed by atoms with van der Waals surface area (Å²) in [5, 5.41) is 17.9. The standard InChI is InChI=1S/C14H24N2O2/c1-14(2,3)16(13(17)18)12-8-6-11(7-9-12)5-4-10-15/h11-12H,4-9H2,1-3H3,(H,17,18)/t11-,12-. The van der Waals surface area contributed by atoms with E-state index >= 15 is 0 Å². The molecule has 0 aromatic carbocycles. The van der Waals surface area contributed by atoms with Crippen LogP contribution in [0.25, 0.3) is 0 Å². The highest BCUT2D eigenvalue weighted by Crippen LogP contribution is 2.33. The van der Waals surface area contributed by atoms with Gasteiger partial charge in [-0.15, -0.1) is 0 Å². The second-order valence-corrected chi connectivity index (χ2v) is 6.19. The largest absolute Gasteiger partial charge is 0.465 e. The summed E-state index contributed by atoms with van der Waals surface area (Å²) in [6, 6.07) is 2.33. The number of carbonyl (C=O) groups is 1. The lowest BCUT2D eigenvalue weighted by Crippen LogP contribution is -2.52. The highest BCUT2D eigenvalue weighted by Gasteiger charge is 2.35. The van der Waals surface area contributed by atoms with Crippen LogP contribution in [-0.4, -0.2) is 27.7 Å². The van der Waals surface area contributed by atoms with E-state index in [-0.39, 0.29) is 11.6 Å². The normalized spacial score (nSPS) is 24.3.